The van der Waals surface area contributed by atoms with Crippen LogP contribution in [0.4, 0.5) is 0 Å². The maximum Gasteiger partial charge on any atom is 0.320 e. The SMILES string of the molecule is CC(C)(C)OC(=O)CN(CCN(CC(=O)OC(C)(C)C)CC(C(=O)NCCN(CCN[C@@H](O)C(CN(CCN(CC(=O)OC(C)(C)C)CC(=O)OC(C)(C)C)CC(=O)OC(C)(C)C)N(CC(=O)OC(C)(C)C)CC(=O)OC(C)(C)C)CC(O)O)N(CC(=O)OC(C)(C)C)CC(=O)OC(C)(C)C)CC(=O)OC(C)(C)C. The van der Waals surface area contributed by atoms with Crippen LogP contribution in [0, 0.1) is 0 Å². The van der Waals surface area contributed by atoms with E-state index in [4.69, 9.17) is 47.4 Å². The minimum atomic E-state index is -1.98. The third-order valence-electron chi connectivity index (χ3n) is 13.5. The van der Waals surface area contributed by atoms with Gasteiger partial charge in [-0.15, -0.1) is 0 Å². The number of hydrogen-bond acceptors (Lipinski definition) is 32. The van der Waals surface area contributed by atoms with Crippen LogP contribution in [0.2, 0.25) is 0 Å². The van der Waals surface area contributed by atoms with Crippen LogP contribution in [0.15, 0.2) is 0 Å². The number of esters is 10. The number of nitrogens with zero attached hydrogens (tertiary/aromatic N) is 7. The van der Waals surface area contributed by atoms with Crippen molar-refractivity contribution in [1.29, 1.82) is 0 Å². The van der Waals surface area contributed by atoms with Gasteiger partial charge >= 0.3 is 59.7 Å². The van der Waals surface area contributed by atoms with Crippen LogP contribution < -0.4 is 10.6 Å². The molecule has 0 spiro atoms. The molecule has 33 nitrogen and oxygen atoms in total. The molecular weight excluding hydrogens is 1420 g/mol. The molecule has 0 aromatic rings. The van der Waals surface area contributed by atoms with E-state index in [1.54, 1.807) is 213 Å². The molecule has 33 heteroatoms. The maximum atomic E-state index is 15.3. The molecule has 0 saturated heterocycles. The van der Waals surface area contributed by atoms with Crippen molar-refractivity contribution in [3.05, 3.63) is 0 Å². The van der Waals surface area contributed by atoms with Gasteiger partial charge < -0.3 is 68.0 Å². The van der Waals surface area contributed by atoms with E-state index in [1.807, 2.05) is 0 Å². The van der Waals surface area contributed by atoms with Crippen molar-refractivity contribution >= 4 is 65.6 Å². The summed E-state index contributed by atoms with van der Waals surface area (Å²) in [7, 11) is 0. The minimum Gasteiger partial charge on any atom is -0.459 e. The van der Waals surface area contributed by atoms with Crippen LogP contribution in [0.25, 0.3) is 0 Å². The number of aliphatic hydroxyl groups is 3. The van der Waals surface area contributed by atoms with E-state index in [1.165, 1.54) is 29.4 Å². The van der Waals surface area contributed by atoms with Crippen LogP contribution >= 0.6 is 0 Å². The Morgan fingerprint density at radius 2 is 0.486 bits per heavy atom. The highest BCUT2D eigenvalue weighted by molar-refractivity contribution is 5.85. The number of ether oxygens (including phenoxy) is 10. The molecule has 1 amide bonds. The number of carbonyl (C=O) groups excluding carboxylic acids is 11. The molecule has 0 fully saturated rings. The molecule has 0 aromatic carbocycles. The van der Waals surface area contributed by atoms with Crippen LogP contribution in [-0.4, -0.2) is 333 Å². The Hall–Kier alpha value is -6.27. The lowest BCUT2D eigenvalue weighted by Gasteiger charge is -2.38. The number of nitrogens with one attached hydrogen (secondary N) is 2. The summed E-state index contributed by atoms with van der Waals surface area (Å²) >= 11 is 0. The largest absolute Gasteiger partial charge is 0.459 e. The third kappa shape index (κ3) is 56.6. The van der Waals surface area contributed by atoms with Gasteiger partial charge in [0, 0.05) is 72.0 Å². The summed E-state index contributed by atoms with van der Waals surface area (Å²) in [5, 5.41) is 39.6. The molecule has 0 bridgehead atoms. The van der Waals surface area contributed by atoms with Gasteiger partial charge in [-0.2, -0.15) is 0 Å². The zero-order chi connectivity index (χ0) is 85.0. The number of aliphatic hydroxyl groups excluding tert-OH is 2. The van der Waals surface area contributed by atoms with Gasteiger partial charge in [0.2, 0.25) is 5.91 Å². The summed E-state index contributed by atoms with van der Waals surface area (Å²) < 4.78 is 57.0. The van der Waals surface area contributed by atoms with E-state index in [0.29, 0.717) is 0 Å². The normalized spacial score (nSPS) is 14.0. The Bertz CT molecular complexity index is 2780. The highest BCUT2D eigenvalue weighted by atomic mass is 16.6. The fraction of sp³-hybridized carbons (Fsp3) is 0.855. The van der Waals surface area contributed by atoms with Crippen LogP contribution in [0.5, 0.6) is 0 Å². The number of hydrogen-bond donors (Lipinski definition) is 5. The molecule has 0 rings (SSSR count). The molecule has 2 unspecified atom stereocenters. The summed E-state index contributed by atoms with van der Waals surface area (Å²) in [6, 6.07) is -2.88. The molecule has 634 valence electrons. The van der Waals surface area contributed by atoms with Crippen LogP contribution in [-0.2, 0) is 100 Å². The second-order valence-electron chi connectivity index (χ2n) is 37.1. The summed E-state index contributed by atoms with van der Waals surface area (Å²) in [6.45, 7) is 42.0. The average molecular weight is 1570 g/mol. The van der Waals surface area contributed by atoms with Gasteiger partial charge in [-0.3, -0.25) is 92.4 Å². The quantitative estimate of drug-likeness (QED) is 0.0331. The Kier molecular flexibility index (Phi) is 41.7. The van der Waals surface area contributed by atoms with Gasteiger partial charge in [0.25, 0.3) is 0 Å². The first-order valence-corrected chi connectivity index (χ1v) is 37.3. The van der Waals surface area contributed by atoms with Gasteiger partial charge in [0.1, 0.15) is 68.3 Å². The van der Waals surface area contributed by atoms with Gasteiger partial charge in [-0.05, 0) is 208 Å². The lowest BCUT2D eigenvalue weighted by Crippen LogP contribution is -2.59. The van der Waals surface area contributed by atoms with E-state index in [9.17, 15) is 63.3 Å². The van der Waals surface area contributed by atoms with Gasteiger partial charge in [-0.1, -0.05) is 0 Å². The predicted molar refractivity (Wildman–Crippen MR) is 407 cm³/mol. The summed E-state index contributed by atoms with van der Waals surface area (Å²) in [6.07, 6.45) is -3.71. The van der Waals surface area contributed by atoms with Crippen molar-refractivity contribution in [2.24, 2.45) is 0 Å². The highest BCUT2D eigenvalue weighted by Crippen LogP contribution is 2.20. The van der Waals surface area contributed by atoms with Crippen molar-refractivity contribution in [1.82, 2.24) is 44.9 Å². The second kappa shape index (κ2) is 44.3. The van der Waals surface area contributed by atoms with Gasteiger partial charge in [0.05, 0.1) is 71.5 Å². The Balaban J connectivity index is 8.29. The first-order chi connectivity index (χ1) is 48.9. The topological polar surface area (TPSA) is 388 Å². The summed E-state index contributed by atoms with van der Waals surface area (Å²) in [5.74, 6) is -8.33. The lowest BCUT2D eigenvalue weighted by atomic mass is 10.1. The predicted octanol–water partition coefficient (Wildman–Crippen LogP) is 3.59. The first kappa shape index (κ1) is 103. The summed E-state index contributed by atoms with van der Waals surface area (Å²) in [5.41, 5.74) is -9.78. The van der Waals surface area contributed by atoms with Crippen LogP contribution in [0.3, 0.4) is 0 Å². The second-order valence-corrected chi connectivity index (χ2v) is 37.1. The van der Waals surface area contributed by atoms with Crippen molar-refractivity contribution in [2.75, 3.05) is 137 Å². The molecule has 0 heterocycles. The highest BCUT2D eigenvalue weighted by Gasteiger charge is 2.39. The summed E-state index contributed by atoms with van der Waals surface area (Å²) in [4.78, 5) is 163. The number of rotatable bonds is 43. The van der Waals surface area contributed by atoms with Crippen LogP contribution in [0.1, 0.15) is 208 Å². The molecule has 3 atom stereocenters. The maximum absolute atomic E-state index is 15.3. The fourth-order valence-electron chi connectivity index (χ4n) is 10.3. The monoisotopic (exact) mass is 1560 g/mol. The van der Waals surface area contributed by atoms with Crippen molar-refractivity contribution in [3.8, 4) is 0 Å². The lowest BCUT2D eigenvalue weighted by molar-refractivity contribution is -0.165. The molecule has 0 aliphatic rings. The van der Waals surface area contributed by atoms with E-state index in [2.05, 4.69) is 10.6 Å². The molecule has 5 N–H and O–H groups in total. The fourth-order valence-corrected chi connectivity index (χ4v) is 10.3. The Labute approximate surface area is 649 Å². The molecular formula is C76H141N9O24. The molecule has 0 saturated carbocycles. The molecule has 0 aliphatic carbocycles. The first-order valence-electron chi connectivity index (χ1n) is 37.3. The average Bonchev–Trinajstić information content (AvgIpc) is 0.843. The van der Waals surface area contributed by atoms with E-state index >= 15 is 4.79 Å². The Morgan fingerprint density at radius 1 is 0.266 bits per heavy atom. The third-order valence-corrected chi connectivity index (χ3v) is 13.5. The molecule has 0 aromatic heterocycles. The Morgan fingerprint density at radius 3 is 0.743 bits per heavy atom. The number of amides is 1. The zero-order valence-electron chi connectivity index (χ0n) is 71.7. The van der Waals surface area contributed by atoms with Crippen molar-refractivity contribution < 1.29 is 115 Å². The minimum absolute atomic E-state index is 0.102. The van der Waals surface area contributed by atoms with Gasteiger partial charge in [-0.25, -0.2) is 0 Å². The van der Waals surface area contributed by atoms with E-state index in [0.717, 1.165) is 0 Å². The van der Waals surface area contributed by atoms with E-state index < -0.39 is 225 Å². The van der Waals surface area contributed by atoms with Gasteiger partial charge in [0.15, 0.2) is 6.29 Å². The van der Waals surface area contributed by atoms with E-state index in [-0.39, 0.29) is 58.9 Å². The standard InChI is InChI=1S/C76H141N9O24/c1-67(2,3)100-55(88)42-80(35-37-82(44-57(90)102-69(7,8)9)45-58(91)103-70(10,11)12)39-52(84(48-61(94)106-73(19,20)21)49-62(95)107-74(22,23)24)65(98)77-31-33-79(41-54(86)87)34-32-78-66(99)53(85(50-63(96)108-75(25,26)27)51-64(97)109-76(28,29)30)40-81(43-56(89)101-68(4,5)6)36-38-83(46-59(92)104-71(13,14)15)47-60(93)105-72(16,17)18/h52-54,65,77,86-87,98H,31-51H2,1-30H3,(H,78,99)/t52?,53?,65-/m0/s1. The number of carbonyl (C=O) groups is 11. The van der Waals surface area contributed by atoms with Crippen molar-refractivity contribution in [3.63, 3.8) is 0 Å². The molecule has 109 heavy (non-hydrogen) atoms. The van der Waals surface area contributed by atoms with Crippen molar-refractivity contribution in [2.45, 2.75) is 288 Å². The molecule has 0 aliphatic heterocycles. The molecule has 0 radical (unpaired) electrons. The zero-order valence-corrected chi connectivity index (χ0v) is 71.7. The smallest absolute Gasteiger partial charge is 0.320 e.